The fourth-order valence-electron chi connectivity index (χ4n) is 1.89. The minimum atomic E-state index is -2.52. The van der Waals surface area contributed by atoms with Gasteiger partial charge in [0.15, 0.2) is 5.58 Å². The fourth-order valence-corrected chi connectivity index (χ4v) is 1.89. The average Bonchev–Trinajstić information content (AvgIpc) is 2.95. The van der Waals surface area contributed by atoms with Crippen LogP contribution in [0.4, 0.5) is 10.2 Å². The molecule has 0 unspecified atom stereocenters. The number of ether oxygens (including phenoxy) is 1. The van der Waals surface area contributed by atoms with Gasteiger partial charge in [0, 0.05) is 18.8 Å². The molecule has 1 aromatic carbocycles. The molecule has 3 rings (SSSR count). The number of benzene rings is 1. The third-order valence-corrected chi connectivity index (χ3v) is 2.89. The number of aromatic nitrogens is 2. The molecule has 2 aromatic heterocycles. The van der Waals surface area contributed by atoms with Gasteiger partial charge in [0.25, 0.3) is 0 Å². The molecule has 0 aliphatic carbocycles. The number of anilines is 1. The molecule has 0 fully saturated rings. The highest BCUT2D eigenvalue weighted by Gasteiger charge is 2.09. The van der Waals surface area contributed by atoms with E-state index in [1.165, 1.54) is 12.1 Å². The van der Waals surface area contributed by atoms with Crippen molar-refractivity contribution in [1.82, 2.24) is 9.97 Å². The molecule has 0 radical (unpaired) electrons. The summed E-state index contributed by atoms with van der Waals surface area (Å²) in [6.07, 6.45) is 1.56. The van der Waals surface area contributed by atoms with Gasteiger partial charge < -0.3 is 14.5 Å². The van der Waals surface area contributed by atoms with Crippen molar-refractivity contribution < 1.29 is 17.7 Å². The van der Waals surface area contributed by atoms with Crippen molar-refractivity contribution in [3.63, 3.8) is 0 Å². The van der Waals surface area contributed by atoms with Gasteiger partial charge >= 0.3 is 0 Å². The Balaban J connectivity index is 1.85. The highest BCUT2D eigenvalue weighted by atomic mass is 19.1. The Labute approximate surface area is 125 Å². The third kappa shape index (κ3) is 2.79. The summed E-state index contributed by atoms with van der Waals surface area (Å²) in [6.45, 7) is -0.281. The number of pyridine rings is 1. The number of rotatable bonds is 5. The summed E-state index contributed by atoms with van der Waals surface area (Å²) in [5.74, 6) is 1.08. The second-order valence-electron chi connectivity index (χ2n) is 4.30. The van der Waals surface area contributed by atoms with Crippen LogP contribution in [0, 0.1) is 0 Å². The number of nitrogens with zero attached hydrogens (tertiary/aromatic N) is 2. The molecule has 3 aromatic rings. The lowest BCUT2D eigenvalue weighted by atomic mass is 10.3. The van der Waals surface area contributed by atoms with Crippen LogP contribution < -0.4 is 10.1 Å². The molecular formula is C15H14FN3O2. The molecule has 0 saturated heterocycles. The Hall–Kier alpha value is -2.63. The van der Waals surface area contributed by atoms with Crippen molar-refractivity contribution in [2.45, 2.75) is 0 Å². The van der Waals surface area contributed by atoms with E-state index < -0.39 is 13.7 Å². The standard InChI is InChI=1S/C15H14FN3O2/c1-20-11-3-4-12-13(8-11)21-15(19-12)10-2-5-14(18-9-10)17-7-6-16/h2-5,8-9H,6-7H2,1H3,(H,17,18)/i1T3. The molecule has 21 heavy (non-hydrogen) atoms. The Morgan fingerprint density at radius 3 is 3.10 bits per heavy atom. The van der Waals surface area contributed by atoms with Gasteiger partial charge in [0.05, 0.1) is 16.7 Å². The lowest BCUT2D eigenvalue weighted by Gasteiger charge is -2.02. The van der Waals surface area contributed by atoms with Crippen LogP contribution in [0.3, 0.4) is 0 Å². The van der Waals surface area contributed by atoms with E-state index in [1.807, 2.05) is 0 Å². The summed E-state index contributed by atoms with van der Waals surface area (Å²) >= 11 is 0. The number of fused-ring (bicyclic) bond motifs is 1. The third-order valence-electron chi connectivity index (χ3n) is 2.89. The number of hydrogen-bond acceptors (Lipinski definition) is 5. The number of hydrogen-bond donors (Lipinski definition) is 1. The van der Waals surface area contributed by atoms with Crippen molar-refractivity contribution in [1.29, 1.82) is 0 Å². The van der Waals surface area contributed by atoms with Crippen LogP contribution in [-0.4, -0.2) is 30.2 Å². The van der Waals surface area contributed by atoms with Gasteiger partial charge in [-0.1, -0.05) is 0 Å². The normalized spacial score (nSPS) is 13.5. The summed E-state index contributed by atoms with van der Waals surface area (Å²) in [5.41, 5.74) is 1.63. The molecule has 2 heterocycles. The zero-order chi connectivity index (χ0) is 17.2. The molecule has 0 amide bonds. The zero-order valence-corrected chi connectivity index (χ0v) is 11.0. The molecular weight excluding hydrogens is 273 g/mol. The minimum Gasteiger partial charge on any atom is -0.497 e. The Bertz CT molecular complexity index is 834. The van der Waals surface area contributed by atoms with E-state index >= 15 is 0 Å². The maximum atomic E-state index is 12.1. The van der Waals surface area contributed by atoms with Crippen LogP contribution in [0.2, 0.25) is 0 Å². The van der Waals surface area contributed by atoms with Gasteiger partial charge in [0.2, 0.25) is 5.89 Å². The predicted molar refractivity (Wildman–Crippen MR) is 78.3 cm³/mol. The topological polar surface area (TPSA) is 60.2 Å². The largest absolute Gasteiger partial charge is 0.497 e. The lowest BCUT2D eigenvalue weighted by molar-refractivity contribution is 0.414. The second kappa shape index (κ2) is 5.78. The first-order valence-corrected chi connectivity index (χ1v) is 6.30. The first-order valence-electron chi connectivity index (χ1n) is 7.80. The smallest absolute Gasteiger partial charge is 0.228 e. The summed E-state index contributed by atoms with van der Waals surface area (Å²) in [4.78, 5) is 8.48. The van der Waals surface area contributed by atoms with Gasteiger partial charge in [-0.15, -0.1) is 0 Å². The van der Waals surface area contributed by atoms with E-state index in [2.05, 4.69) is 15.3 Å². The summed E-state index contributed by atoms with van der Waals surface area (Å²) in [7, 11) is -2.52. The quantitative estimate of drug-likeness (QED) is 0.782. The molecule has 0 aliphatic rings. The highest BCUT2D eigenvalue weighted by molar-refractivity contribution is 5.77. The number of oxazole rings is 1. The van der Waals surface area contributed by atoms with Crippen molar-refractivity contribution >= 4 is 16.9 Å². The molecule has 108 valence electrons. The molecule has 0 saturated carbocycles. The average molecular weight is 293 g/mol. The Kier molecular flexibility index (Phi) is 2.79. The monoisotopic (exact) mass is 293 g/mol. The van der Waals surface area contributed by atoms with E-state index in [1.54, 1.807) is 24.4 Å². The van der Waals surface area contributed by atoms with Crippen molar-refractivity contribution in [3.05, 3.63) is 36.5 Å². The van der Waals surface area contributed by atoms with Crippen LogP contribution in [0.25, 0.3) is 22.6 Å². The number of alkyl halides is 1. The maximum Gasteiger partial charge on any atom is 0.228 e. The predicted octanol–water partition coefficient (Wildman–Crippen LogP) is 3.28. The number of halogens is 1. The number of methoxy groups -OCH3 is 1. The van der Waals surface area contributed by atoms with Crippen molar-refractivity contribution in [2.75, 3.05) is 25.6 Å². The molecule has 0 bridgehead atoms. The van der Waals surface area contributed by atoms with Crippen molar-refractivity contribution in [2.24, 2.45) is 0 Å². The molecule has 0 spiro atoms. The summed E-state index contributed by atoms with van der Waals surface area (Å²) in [6, 6.07) is 8.06. The Morgan fingerprint density at radius 2 is 2.33 bits per heavy atom. The summed E-state index contributed by atoms with van der Waals surface area (Å²) in [5, 5.41) is 2.82. The SMILES string of the molecule is [3H]C([3H])([3H])Oc1ccc2nc(-c3ccc(NCCF)nc3)oc2c1. The molecule has 0 aliphatic heterocycles. The molecule has 1 N–H and O–H groups in total. The van der Waals surface area contributed by atoms with E-state index in [9.17, 15) is 4.39 Å². The molecule has 0 atom stereocenters. The summed E-state index contributed by atoms with van der Waals surface area (Å²) < 4.78 is 43.9. The lowest BCUT2D eigenvalue weighted by Crippen LogP contribution is -2.04. The van der Waals surface area contributed by atoms with Crippen LogP contribution in [0.5, 0.6) is 5.75 Å². The van der Waals surface area contributed by atoms with E-state index in [4.69, 9.17) is 13.3 Å². The van der Waals surface area contributed by atoms with E-state index in [0.717, 1.165) is 0 Å². The van der Waals surface area contributed by atoms with E-state index in [-0.39, 0.29) is 12.3 Å². The van der Waals surface area contributed by atoms with Gasteiger partial charge in [-0.25, -0.2) is 14.4 Å². The fraction of sp³-hybridized carbons (Fsp3) is 0.200. The first-order chi connectivity index (χ1) is 11.4. The van der Waals surface area contributed by atoms with Crippen LogP contribution in [0.15, 0.2) is 40.9 Å². The van der Waals surface area contributed by atoms with Gasteiger partial charge in [-0.3, -0.25) is 0 Å². The minimum absolute atomic E-state index is 0.175. The zero-order valence-electron chi connectivity index (χ0n) is 14.0. The van der Waals surface area contributed by atoms with Crippen molar-refractivity contribution in [3.8, 4) is 17.2 Å². The maximum absolute atomic E-state index is 12.1. The molecule has 6 heteroatoms. The van der Waals surface area contributed by atoms with E-state index in [0.29, 0.717) is 28.4 Å². The van der Waals surface area contributed by atoms with Crippen LogP contribution >= 0.6 is 0 Å². The van der Waals surface area contributed by atoms with Gasteiger partial charge in [-0.2, -0.15) is 0 Å². The van der Waals surface area contributed by atoms with Gasteiger partial charge in [0.1, 0.15) is 23.8 Å². The van der Waals surface area contributed by atoms with Crippen LogP contribution in [0.1, 0.15) is 4.11 Å². The number of nitrogens with one attached hydrogen (secondary N) is 1. The highest BCUT2D eigenvalue weighted by Crippen LogP contribution is 2.26. The first kappa shape index (κ1) is 10.1. The molecule has 5 nitrogen and oxygen atoms in total. The van der Waals surface area contributed by atoms with Gasteiger partial charge in [-0.05, 0) is 24.3 Å². The Morgan fingerprint density at radius 1 is 1.38 bits per heavy atom. The second-order valence-corrected chi connectivity index (χ2v) is 4.30. The van der Waals surface area contributed by atoms with Crippen LogP contribution in [-0.2, 0) is 0 Å².